The van der Waals surface area contributed by atoms with E-state index in [0.29, 0.717) is 10.2 Å². The quantitative estimate of drug-likeness (QED) is 0.929. The first-order valence-electron chi connectivity index (χ1n) is 5.61. The summed E-state index contributed by atoms with van der Waals surface area (Å²) in [5.74, 6) is -0.379. The van der Waals surface area contributed by atoms with Crippen molar-refractivity contribution >= 4 is 21.9 Å². The Bertz CT molecular complexity index is 641. The van der Waals surface area contributed by atoms with Gasteiger partial charge in [0.15, 0.2) is 0 Å². The van der Waals surface area contributed by atoms with Crippen LogP contribution in [0.4, 0.5) is 0 Å². The van der Waals surface area contributed by atoms with Gasteiger partial charge in [0.25, 0.3) is 0 Å². The second-order valence-electron chi connectivity index (χ2n) is 4.18. The zero-order chi connectivity index (χ0) is 14.0. The number of pyridine rings is 1. The third kappa shape index (κ3) is 3.12. The lowest BCUT2D eigenvalue weighted by molar-refractivity contribution is 0.0693. The molecule has 2 rings (SSSR count). The number of ether oxygens (including phenoxy) is 1. The maximum Gasteiger partial charge on any atom is 0.341 e. The van der Waals surface area contributed by atoms with Gasteiger partial charge in [-0.25, -0.2) is 9.78 Å². The SMILES string of the molecule is Cc1ccc(C)c(Oc2ncc(Br)cc2C(=O)O)c1. The van der Waals surface area contributed by atoms with Gasteiger partial charge < -0.3 is 9.84 Å². The van der Waals surface area contributed by atoms with E-state index in [1.165, 1.54) is 12.3 Å². The van der Waals surface area contributed by atoms with Gasteiger partial charge in [0.2, 0.25) is 5.88 Å². The largest absolute Gasteiger partial charge is 0.477 e. The number of hydrogen-bond donors (Lipinski definition) is 1. The molecule has 0 atom stereocenters. The molecular weight excluding hydrogens is 310 g/mol. The highest BCUT2D eigenvalue weighted by Gasteiger charge is 2.15. The van der Waals surface area contributed by atoms with E-state index in [2.05, 4.69) is 20.9 Å². The molecule has 0 radical (unpaired) electrons. The lowest BCUT2D eigenvalue weighted by Gasteiger charge is -2.10. The Morgan fingerprint density at radius 1 is 1.32 bits per heavy atom. The lowest BCUT2D eigenvalue weighted by Crippen LogP contribution is -2.02. The zero-order valence-electron chi connectivity index (χ0n) is 10.5. The van der Waals surface area contributed by atoms with Crippen LogP contribution in [0.3, 0.4) is 0 Å². The lowest BCUT2D eigenvalue weighted by atomic mass is 10.1. The third-order valence-electron chi connectivity index (χ3n) is 2.60. The molecule has 0 amide bonds. The molecule has 0 unspecified atom stereocenters. The minimum Gasteiger partial charge on any atom is -0.477 e. The number of benzene rings is 1. The second-order valence-corrected chi connectivity index (χ2v) is 5.10. The molecule has 0 saturated heterocycles. The van der Waals surface area contributed by atoms with Crippen molar-refractivity contribution in [2.75, 3.05) is 0 Å². The Morgan fingerprint density at radius 3 is 2.74 bits per heavy atom. The molecule has 5 heteroatoms. The Kier molecular flexibility index (Phi) is 3.85. The Hall–Kier alpha value is -1.88. The molecule has 0 spiro atoms. The van der Waals surface area contributed by atoms with Crippen LogP contribution < -0.4 is 4.74 Å². The van der Waals surface area contributed by atoms with Crippen molar-refractivity contribution in [3.8, 4) is 11.6 Å². The first-order chi connectivity index (χ1) is 8.97. The van der Waals surface area contributed by atoms with Crippen LogP contribution >= 0.6 is 15.9 Å². The van der Waals surface area contributed by atoms with E-state index >= 15 is 0 Å². The molecule has 0 saturated carbocycles. The second kappa shape index (κ2) is 5.40. The van der Waals surface area contributed by atoms with Crippen molar-refractivity contribution < 1.29 is 14.6 Å². The van der Waals surface area contributed by atoms with Gasteiger partial charge in [0.05, 0.1) is 0 Å². The minimum absolute atomic E-state index is 0.0234. The number of aryl methyl sites for hydroxylation is 2. The molecular formula is C14H12BrNO3. The molecule has 1 aromatic carbocycles. The molecule has 0 fully saturated rings. The molecule has 19 heavy (non-hydrogen) atoms. The minimum atomic E-state index is -1.07. The van der Waals surface area contributed by atoms with E-state index in [-0.39, 0.29) is 11.4 Å². The molecule has 1 N–H and O–H groups in total. The number of carboxylic acid groups (broad SMARTS) is 1. The van der Waals surface area contributed by atoms with Crippen molar-refractivity contribution in [1.29, 1.82) is 0 Å². The summed E-state index contributed by atoms with van der Waals surface area (Å²) in [6.45, 7) is 3.84. The van der Waals surface area contributed by atoms with Crippen LogP contribution in [-0.2, 0) is 0 Å². The number of aromatic nitrogens is 1. The predicted molar refractivity (Wildman–Crippen MR) is 74.9 cm³/mol. The van der Waals surface area contributed by atoms with E-state index in [1.54, 1.807) is 0 Å². The van der Waals surface area contributed by atoms with Gasteiger partial charge in [-0.2, -0.15) is 0 Å². The molecule has 1 heterocycles. The van der Waals surface area contributed by atoms with Gasteiger partial charge >= 0.3 is 5.97 Å². The van der Waals surface area contributed by atoms with Crippen LogP contribution in [0, 0.1) is 13.8 Å². The van der Waals surface area contributed by atoms with Crippen molar-refractivity contribution in [2.45, 2.75) is 13.8 Å². The summed E-state index contributed by atoms with van der Waals surface area (Å²) in [6, 6.07) is 7.21. The smallest absolute Gasteiger partial charge is 0.341 e. The van der Waals surface area contributed by atoms with Crippen LogP contribution in [0.25, 0.3) is 0 Å². The van der Waals surface area contributed by atoms with Gasteiger partial charge in [0, 0.05) is 10.7 Å². The number of nitrogens with zero attached hydrogens (tertiary/aromatic N) is 1. The Labute approximate surface area is 119 Å². The van der Waals surface area contributed by atoms with Crippen molar-refractivity contribution in [1.82, 2.24) is 4.98 Å². The Morgan fingerprint density at radius 2 is 2.05 bits per heavy atom. The standard InChI is InChI=1S/C14H12BrNO3/c1-8-3-4-9(2)12(5-8)19-13-11(14(17)18)6-10(15)7-16-13/h3-7H,1-2H3,(H,17,18). The summed E-state index contributed by atoms with van der Waals surface area (Å²) >= 11 is 3.19. The molecule has 4 nitrogen and oxygen atoms in total. The Balaban J connectivity index is 2.43. The fourth-order valence-corrected chi connectivity index (χ4v) is 1.91. The van der Waals surface area contributed by atoms with Crippen molar-refractivity contribution in [3.63, 3.8) is 0 Å². The summed E-state index contributed by atoms with van der Waals surface area (Å²) in [4.78, 5) is 15.2. The van der Waals surface area contributed by atoms with Crippen LogP contribution in [0.5, 0.6) is 11.6 Å². The average Bonchev–Trinajstić information content (AvgIpc) is 2.35. The topological polar surface area (TPSA) is 59.4 Å². The summed E-state index contributed by atoms with van der Waals surface area (Å²) in [6.07, 6.45) is 1.51. The molecule has 98 valence electrons. The number of halogens is 1. The fourth-order valence-electron chi connectivity index (χ4n) is 1.58. The van der Waals surface area contributed by atoms with Crippen LogP contribution in [0.15, 0.2) is 34.9 Å². The number of aromatic carboxylic acids is 1. The summed E-state index contributed by atoms with van der Waals surface area (Å²) < 4.78 is 6.22. The number of rotatable bonds is 3. The van der Waals surface area contributed by atoms with Gasteiger partial charge in [-0.1, -0.05) is 12.1 Å². The normalized spacial score (nSPS) is 10.3. The maximum atomic E-state index is 11.2. The van der Waals surface area contributed by atoms with E-state index in [9.17, 15) is 4.79 Å². The summed E-state index contributed by atoms with van der Waals surface area (Å²) in [5.41, 5.74) is 1.98. The third-order valence-corrected chi connectivity index (χ3v) is 3.03. The van der Waals surface area contributed by atoms with E-state index in [4.69, 9.17) is 9.84 Å². The van der Waals surface area contributed by atoms with Crippen molar-refractivity contribution in [2.24, 2.45) is 0 Å². The number of hydrogen-bond acceptors (Lipinski definition) is 3. The van der Waals surface area contributed by atoms with Gasteiger partial charge in [0.1, 0.15) is 11.3 Å². The summed E-state index contributed by atoms with van der Waals surface area (Å²) in [7, 11) is 0. The molecule has 2 aromatic rings. The summed E-state index contributed by atoms with van der Waals surface area (Å²) in [5, 5.41) is 9.15. The van der Waals surface area contributed by atoms with Crippen LogP contribution in [-0.4, -0.2) is 16.1 Å². The van der Waals surface area contributed by atoms with Gasteiger partial charge in [-0.05, 0) is 53.0 Å². The molecule has 1 aromatic heterocycles. The van der Waals surface area contributed by atoms with Crippen LogP contribution in [0.2, 0.25) is 0 Å². The monoisotopic (exact) mass is 321 g/mol. The van der Waals surface area contributed by atoms with E-state index in [1.807, 2.05) is 32.0 Å². The van der Waals surface area contributed by atoms with Gasteiger partial charge in [-0.3, -0.25) is 0 Å². The average molecular weight is 322 g/mol. The molecule has 0 aliphatic carbocycles. The van der Waals surface area contributed by atoms with Gasteiger partial charge in [-0.15, -0.1) is 0 Å². The fraction of sp³-hybridized carbons (Fsp3) is 0.143. The maximum absolute atomic E-state index is 11.2. The van der Waals surface area contributed by atoms with Crippen molar-refractivity contribution in [3.05, 3.63) is 51.6 Å². The first kappa shape index (κ1) is 13.5. The zero-order valence-corrected chi connectivity index (χ0v) is 12.1. The van der Waals surface area contributed by atoms with Crippen LogP contribution in [0.1, 0.15) is 21.5 Å². The number of carboxylic acids is 1. The highest BCUT2D eigenvalue weighted by molar-refractivity contribution is 9.10. The molecule has 0 bridgehead atoms. The first-order valence-corrected chi connectivity index (χ1v) is 6.40. The highest BCUT2D eigenvalue weighted by atomic mass is 79.9. The van der Waals surface area contributed by atoms with E-state index in [0.717, 1.165) is 11.1 Å². The molecule has 0 aliphatic heterocycles. The molecule has 0 aliphatic rings. The highest BCUT2D eigenvalue weighted by Crippen LogP contribution is 2.28. The van der Waals surface area contributed by atoms with E-state index < -0.39 is 5.97 Å². The predicted octanol–water partition coefficient (Wildman–Crippen LogP) is 3.95. The number of carbonyl (C=O) groups is 1.